The summed E-state index contributed by atoms with van der Waals surface area (Å²) >= 11 is 0. The highest BCUT2D eigenvalue weighted by atomic mass is 16.7. The minimum Gasteiger partial charge on any atom is -0.465 e. The molecule has 1 aliphatic carbocycles. The van der Waals surface area contributed by atoms with Gasteiger partial charge in [0.05, 0.1) is 6.10 Å². The summed E-state index contributed by atoms with van der Waals surface area (Å²) < 4.78 is 11.6. The topological polar surface area (TPSA) is 18.5 Å². The van der Waals surface area contributed by atoms with E-state index in [1.807, 2.05) is 37.3 Å². The first-order valence-electron chi connectivity index (χ1n) is 6.72. The van der Waals surface area contributed by atoms with Crippen LogP contribution in [0.5, 0.6) is 5.75 Å². The van der Waals surface area contributed by atoms with Crippen molar-refractivity contribution in [3.8, 4) is 5.75 Å². The molecular formula is C16H24O2. The molecule has 0 N–H and O–H groups in total. The first-order valence-corrected chi connectivity index (χ1v) is 6.72. The van der Waals surface area contributed by atoms with Crippen LogP contribution >= 0.6 is 0 Å². The summed E-state index contributed by atoms with van der Waals surface area (Å²) in [6, 6.07) is 9.85. The van der Waals surface area contributed by atoms with Crippen molar-refractivity contribution in [2.45, 2.75) is 51.4 Å². The lowest BCUT2D eigenvalue weighted by Gasteiger charge is -2.25. The lowest BCUT2D eigenvalue weighted by atomic mass is 9.98. The van der Waals surface area contributed by atoms with E-state index in [0.29, 0.717) is 6.10 Å². The largest absolute Gasteiger partial charge is 0.465 e. The quantitative estimate of drug-likeness (QED) is 0.574. The van der Waals surface area contributed by atoms with Crippen LogP contribution in [-0.4, -0.2) is 12.4 Å². The summed E-state index contributed by atoms with van der Waals surface area (Å²) in [7, 11) is 0. The molecule has 1 aromatic rings. The molecule has 1 fully saturated rings. The monoisotopic (exact) mass is 248 g/mol. The van der Waals surface area contributed by atoms with Crippen LogP contribution in [0.2, 0.25) is 0 Å². The van der Waals surface area contributed by atoms with E-state index in [-0.39, 0.29) is 6.29 Å². The second-order valence-corrected chi connectivity index (χ2v) is 4.39. The van der Waals surface area contributed by atoms with Gasteiger partial charge in [-0.25, -0.2) is 0 Å². The van der Waals surface area contributed by atoms with Crippen molar-refractivity contribution in [3.63, 3.8) is 0 Å². The lowest BCUT2D eigenvalue weighted by Crippen LogP contribution is -2.26. The molecule has 1 unspecified atom stereocenters. The van der Waals surface area contributed by atoms with Gasteiger partial charge in [0.15, 0.2) is 6.29 Å². The lowest BCUT2D eigenvalue weighted by molar-refractivity contribution is -0.116. The number of rotatable bonds is 4. The van der Waals surface area contributed by atoms with Crippen LogP contribution in [0, 0.1) is 0 Å². The Morgan fingerprint density at radius 1 is 1.06 bits per heavy atom. The highest BCUT2D eigenvalue weighted by Gasteiger charge is 2.17. The molecule has 18 heavy (non-hydrogen) atoms. The van der Waals surface area contributed by atoms with E-state index in [1.54, 1.807) is 0 Å². The van der Waals surface area contributed by atoms with Gasteiger partial charge in [-0.05, 0) is 31.9 Å². The first kappa shape index (κ1) is 14.8. The van der Waals surface area contributed by atoms with E-state index in [9.17, 15) is 0 Å². The van der Waals surface area contributed by atoms with Crippen LogP contribution in [0.15, 0.2) is 43.5 Å². The van der Waals surface area contributed by atoms with Gasteiger partial charge in [-0.15, -0.1) is 13.2 Å². The van der Waals surface area contributed by atoms with Crippen molar-refractivity contribution in [1.29, 1.82) is 0 Å². The average molecular weight is 248 g/mol. The van der Waals surface area contributed by atoms with E-state index in [2.05, 4.69) is 13.2 Å². The molecule has 0 aromatic heterocycles. The molecule has 100 valence electrons. The van der Waals surface area contributed by atoms with Crippen molar-refractivity contribution in [2.75, 3.05) is 0 Å². The standard InChI is InChI=1S/C14H20O2.C2H4/c1-12(15-13-8-4-2-5-9-13)16-14-10-6-3-7-11-14;1-2/h2,4-5,8-9,12,14H,3,6-7,10-11H2,1H3;1-2H2. The summed E-state index contributed by atoms with van der Waals surface area (Å²) in [5.74, 6) is 0.880. The van der Waals surface area contributed by atoms with Crippen molar-refractivity contribution in [3.05, 3.63) is 43.5 Å². The molecule has 0 heterocycles. The predicted octanol–water partition coefficient (Wildman–Crippen LogP) is 4.56. The first-order chi connectivity index (χ1) is 8.84. The van der Waals surface area contributed by atoms with Crippen LogP contribution in [0.4, 0.5) is 0 Å². The van der Waals surface area contributed by atoms with E-state index in [0.717, 1.165) is 5.75 Å². The fourth-order valence-electron chi connectivity index (χ4n) is 2.19. The van der Waals surface area contributed by atoms with Gasteiger partial charge < -0.3 is 9.47 Å². The highest BCUT2D eigenvalue weighted by Crippen LogP contribution is 2.22. The van der Waals surface area contributed by atoms with Gasteiger partial charge in [0.1, 0.15) is 5.75 Å². The third-order valence-electron chi connectivity index (χ3n) is 2.98. The van der Waals surface area contributed by atoms with Crippen LogP contribution in [-0.2, 0) is 4.74 Å². The smallest absolute Gasteiger partial charge is 0.197 e. The molecule has 0 spiro atoms. The zero-order valence-electron chi connectivity index (χ0n) is 11.3. The van der Waals surface area contributed by atoms with E-state index < -0.39 is 0 Å². The van der Waals surface area contributed by atoms with Crippen LogP contribution < -0.4 is 4.74 Å². The normalized spacial score (nSPS) is 17.4. The van der Waals surface area contributed by atoms with E-state index in [4.69, 9.17) is 9.47 Å². The summed E-state index contributed by atoms with van der Waals surface area (Å²) in [5.41, 5.74) is 0. The molecule has 1 atom stereocenters. The third-order valence-corrected chi connectivity index (χ3v) is 2.98. The maximum atomic E-state index is 5.87. The van der Waals surface area contributed by atoms with Gasteiger partial charge in [-0.3, -0.25) is 0 Å². The minimum atomic E-state index is -0.148. The number of ether oxygens (including phenoxy) is 2. The molecule has 1 saturated carbocycles. The Hall–Kier alpha value is -1.28. The summed E-state index contributed by atoms with van der Waals surface area (Å²) in [4.78, 5) is 0. The van der Waals surface area contributed by atoms with Gasteiger partial charge in [0, 0.05) is 0 Å². The SMILES string of the molecule is C=C.CC(Oc1ccccc1)OC1CCCCC1. The van der Waals surface area contributed by atoms with Crippen molar-refractivity contribution < 1.29 is 9.47 Å². The maximum absolute atomic E-state index is 5.87. The molecular weight excluding hydrogens is 224 g/mol. The third kappa shape index (κ3) is 5.37. The minimum absolute atomic E-state index is 0.148. The van der Waals surface area contributed by atoms with Crippen molar-refractivity contribution in [2.24, 2.45) is 0 Å². The Labute approximate surface area is 111 Å². The molecule has 2 nitrogen and oxygen atoms in total. The van der Waals surface area contributed by atoms with Crippen LogP contribution in [0.3, 0.4) is 0 Å². The molecule has 1 aliphatic rings. The summed E-state index contributed by atoms with van der Waals surface area (Å²) in [5, 5.41) is 0. The zero-order chi connectivity index (χ0) is 13.2. The second-order valence-electron chi connectivity index (χ2n) is 4.39. The predicted molar refractivity (Wildman–Crippen MR) is 75.7 cm³/mol. The Balaban J connectivity index is 0.000000771. The highest BCUT2D eigenvalue weighted by molar-refractivity contribution is 5.20. The Kier molecular flexibility index (Phi) is 7.19. The van der Waals surface area contributed by atoms with E-state index >= 15 is 0 Å². The molecule has 0 aliphatic heterocycles. The van der Waals surface area contributed by atoms with Gasteiger partial charge in [-0.2, -0.15) is 0 Å². The summed E-state index contributed by atoms with van der Waals surface area (Å²) in [6.07, 6.45) is 6.56. The molecule has 2 heteroatoms. The molecule has 0 saturated heterocycles. The Morgan fingerprint density at radius 3 is 2.28 bits per heavy atom. The van der Waals surface area contributed by atoms with Crippen molar-refractivity contribution >= 4 is 0 Å². The fraction of sp³-hybridized carbons (Fsp3) is 0.500. The van der Waals surface area contributed by atoms with Gasteiger partial charge in [0.2, 0.25) is 0 Å². The number of hydrogen-bond acceptors (Lipinski definition) is 2. The molecule has 1 aromatic carbocycles. The zero-order valence-corrected chi connectivity index (χ0v) is 11.3. The van der Waals surface area contributed by atoms with E-state index in [1.165, 1.54) is 32.1 Å². The Bertz CT molecular complexity index is 304. The van der Waals surface area contributed by atoms with Gasteiger partial charge in [0.25, 0.3) is 0 Å². The number of hydrogen-bond donors (Lipinski definition) is 0. The molecule has 0 radical (unpaired) electrons. The fourth-order valence-corrected chi connectivity index (χ4v) is 2.19. The number of para-hydroxylation sites is 1. The van der Waals surface area contributed by atoms with Crippen LogP contribution in [0.1, 0.15) is 39.0 Å². The maximum Gasteiger partial charge on any atom is 0.197 e. The van der Waals surface area contributed by atoms with Crippen molar-refractivity contribution in [1.82, 2.24) is 0 Å². The second kappa shape index (κ2) is 8.76. The van der Waals surface area contributed by atoms with Gasteiger partial charge >= 0.3 is 0 Å². The molecule has 0 amide bonds. The molecule has 0 bridgehead atoms. The van der Waals surface area contributed by atoms with Crippen LogP contribution in [0.25, 0.3) is 0 Å². The average Bonchev–Trinajstić information content (AvgIpc) is 2.43. The Morgan fingerprint density at radius 2 is 1.67 bits per heavy atom. The molecule has 2 rings (SSSR count). The number of benzene rings is 1. The summed E-state index contributed by atoms with van der Waals surface area (Å²) in [6.45, 7) is 7.97. The van der Waals surface area contributed by atoms with Gasteiger partial charge in [-0.1, -0.05) is 37.5 Å².